The zero-order valence-corrected chi connectivity index (χ0v) is 7.57. The molecule has 0 aliphatic heterocycles. The van der Waals surface area contributed by atoms with E-state index in [1.54, 1.807) is 0 Å². The molecule has 1 N–H and O–H groups in total. The van der Waals surface area contributed by atoms with Gasteiger partial charge in [0.15, 0.2) is 0 Å². The number of likely N-dealkylation sites (N-methyl/N-ethyl adjacent to an activating group) is 1. The van der Waals surface area contributed by atoms with E-state index in [4.69, 9.17) is 4.74 Å². The van der Waals surface area contributed by atoms with Crippen molar-refractivity contribution in [2.24, 2.45) is 0 Å². The van der Waals surface area contributed by atoms with Gasteiger partial charge in [0.1, 0.15) is 6.61 Å². The molecule has 1 aromatic carbocycles. The van der Waals surface area contributed by atoms with Gasteiger partial charge in [-0.05, 0) is 12.6 Å². The van der Waals surface area contributed by atoms with Gasteiger partial charge in [0.05, 0.1) is 6.04 Å². The lowest BCUT2D eigenvalue weighted by atomic mass is 10.1. The minimum absolute atomic E-state index is 0.0754. The summed E-state index contributed by atoms with van der Waals surface area (Å²) in [4.78, 5) is 10.0. The van der Waals surface area contributed by atoms with E-state index in [1.165, 1.54) is 0 Å². The predicted octanol–water partition coefficient (Wildman–Crippen LogP) is 1.12. The largest absolute Gasteiger partial charge is 0.466 e. The maximum atomic E-state index is 10.0. The van der Waals surface area contributed by atoms with Crippen molar-refractivity contribution in [3.8, 4) is 0 Å². The Morgan fingerprint density at radius 2 is 2.15 bits per heavy atom. The summed E-state index contributed by atoms with van der Waals surface area (Å²) in [5, 5.41) is 3.07. The number of ether oxygens (including phenoxy) is 1. The Hall–Kier alpha value is -1.35. The Kier molecular flexibility index (Phi) is 3.99. The van der Waals surface area contributed by atoms with Crippen molar-refractivity contribution < 1.29 is 9.53 Å². The molecule has 0 spiro atoms. The van der Waals surface area contributed by atoms with Gasteiger partial charge in [-0.25, -0.2) is 0 Å². The van der Waals surface area contributed by atoms with Crippen molar-refractivity contribution >= 4 is 6.47 Å². The minimum atomic E-state index is 0.0754. The molecule has 1 unspecified atom stereocenters. The first-order valence-electron chi connectivity index (χ1n) is 4.16. The standard InChI is InChI=1S/C10H13NO2/c1-11-10(7-13-8-12)9-5-3-2-4-6-9/h2-6,8,10-11H,7H2,1H3. The van der Waals surface area contributed by atoms with E-state index in [0.29, 0.717) is 13.1 Å². The van der Waals surface area contributed by atoms with E-state index >= 15 is 0 Å². The highest BCUT2D eigenvalue weighted by Gasteiger charge is 2.07. The van der Waals surface area contributed by atoms with Crippen LogP contribution in [0.1, 0.15) is 11.6 Å². The minimum Gasteiger partial charge on any atom is -0.466 e. The molecule has 13 heavy (non-hydrogen) atoms. The predicted molar refractivity (Wildman–Crippen MR) is 50.3 cm³/mol. The van der Waals surface area contributed by atoms with Gasteiger partial charge in [-0.3, -0.25) is 4.79 Å². The molecule has 0 aliphatic rings. The van der Waals surface area contributed by atoms with E-state index in [-0.39, 0.29) is 6.04 Å². The van der Waals surface area contributed by atoms with Crippen molar-refractivity contribution in [2.45, 2.75) is 6.04 Å². The van der Waals surface area contributed by atoms with Crippen LogP contribution in [0.3, 0.4) is 0 Å². The van der Waals surface area contributed by atoms with Gasteiger partial charge in [-0.15, -0.1) is 0 Å². The van der Waals surface area contributed by atoms with Gasteiger partial charge in [0.25, 0.3) is 6.47 Å². The summed E-state index contributed by atoms with van der Waals surface area (Å²) >= 11 is 0. The second-order valence-corrected chi connectivity index (χ2v) is 2.68. The highest BCUT2D eigenvalue weighted by molar-refractivity contribution is 5.37. The van der Waals surface area contributed by atoms with Crippen LogP contribution in [0.15, 0.2) is 30.3 Å². The molecule has 0 aliphatic carbocycles. The summed E-state index contributed by atoms with van der Waals surface area (Å²) in [6.45, 7) is 0.831. The number of hydrogen-bond donors (Lipinski definition) is 1. The lowest BCUT2D eigenvalue weighted by Gasteiger charge is -2.14. The van der Waals surface area contributed by atoms with Gasteiger partial charge in [-0.2, -0.15) is 0 Å². The molecule has 0 aromatic heterocycles. The molecule has 1 atom stereocenters. The van der Waals surface area contributed by atoms with Crippen molar-refractivity contribution in [3.63, 3.8) is 0 Å². The molecular weight excluding hydrogens is 166 g/mol. The van der Waals surface area contributed by atoms with Gasteiger partial charge in [0.2, 0.25) is 0 Å². The van der Waals surface area contributed by atoms with Crippen molar-refractivity contribution in [1.29, 1.82) is 0 Å². The number of carbonyl (C=O) groups excluding carboxylic acids is 1. The van der Waals surface area contributed by atoms with E-state index in [1.807, 2.05) is 37.4 Å². The van der Waals surface area contributed by atoms with E-state index in [9.17, 15) is 4.79 Å². The SMILES string of the molecule is CNC(COC=O)c1ccccc1. The Balaban J connectivity index is 2.61. The summed E-state index contributed by atoms with van der Waals surface area (Å²) < 4.78 is 4.70. The normalized spacial score (nSPS) is 12.1. The molecular formula is C10H13NO2. The zero-order valence-electron chi connectivity index (χ0n) is 7.57. The molecule has 70 valence electrons. The molecule has 0 fully saturated rings. The Bertz CT molecular complexity index is 248. The molecule has 3 nitrogen and oxygen atoms in total. The number of nitrogens with one attached hydrogen (secondary N) is 1. The summed E-state index contributed by atoms with van der Waals surface area (Å²) in [6, 6.07) is 9.94. The first-order chi connectivity index (χ1) is 6.38. The quantitative estimate of drug-likeness (QED) is 0.688. The van der Waals surface area contributed by atoms with E-state index < -0.39 is 0 Å². The number of hydrogen-bond acceptors (Lipinski definition) is 3. The fourth-order valence-electron chi connectivity index (χ4n) is 1.17. The summed E-state index contributed by atoms with van der Waals surface area (Å²) in [6.07, 6.45) is 0. The third-order valence-corrected chi connectivity index (χ3v) is 1.88. The van der Waals surface area contributed by atoms with Crippen molar-refractivity contribution in [1.82, 2.24) is 5.32 Å². The molecule has 0 heterocycles. The second kappa shape index (κ2) is 5.32. The van der Waals surface area contributed by atoms with Crippen LogP contribution in [0, 0.1) is 0 Å². The van der Waals surface area contributed by atoms with Gasteiger partial charge >= 0.3 is 0 Å². The van der Waals surface area contributed by atoms with Crippen LogP contribution in [-0.4, -0.2) is 20.1 Å². The average molecular weight is 179 g/mol. The molecule has 0 radical (unpaired) electrons. The van der Waals surface area contributed by atoms with Crippen LogP contribution in [-0.2, 0) is 9.53 Å². The lowest BCUT2D eigenvalue weighted by Crippen LogP contribution is -2.21. The van der Waals surface area contributed by atoms with Crippen LogP contribution in [0.5, 0.6) is 0 Å². The van der Waals surface area contributed by atoms with Gasteiger partial charge in [0, 0.05) is 0 Å². The Morgan fingerprint density at radius 1 is 1.46 bits per heavy atom. The summed E-state index contributed by atoms with van der Waals surface area (Å²) in [5.41, 5.74) is 1.12. The number of benzene rings is 1. The Morgan fingerprint density at radius 3 is 2.69 bits per heavy atom. The number of rotatable bonds is 5. The highest BCUT2D eigenvalue weighted by Crippen LogP contribution is 2.11. The van der Waals surface area contributed by atoms with Crippen molar-refractivity contribution in [2.75, 3.05) is 13.7 Å². The van der Waals surface area contributed by atoms with Gasteiger partial charge < -0.3 is 10.1 Å². The maximum Gasteiger partial charge on any atom is 0.293 e. The molecule has 1 rings (SSSR count). The molecule has 0 amide bonds. The second-order valence-electron chi connectivity index (χ2n) is 2.68. The zero-order chi connectivity index (χ0) is 9.52. The lowest BCUT2D eigenvalue weighted by molar-refractivity contribution is -0.129. The van der Waals surface area contributed by atoms with Crippen LogP contribution in [0.4, 0.5) is 0 Å². The third kappa shape index (κ3) is 2.87. The van der Waals surface area contributed by atoms with Crippen LogP contribution >= 0.6 is 0 Å². The van der Waals surface area contributed by atoms with Crippen LogP contribution < -0.4 is 5.32 Å². The van der Waals surface area contributed by atoms with Crippen LogP contribution in [0.25, 0.3) is 0 Å². The molecule has 1 aromatic rings. The van der Waals surface area contributed by atoms with Crippen molar-refractivity contribution in [3.05, 3.63) is 35.9 Å². The number of carbonyl (C=O) groups is 1. The van der Waals surface area contributed by atoms with E-state index in [0.717, 1.165) is 5.56 Å². The fourth-order valence-corrected chi connectivity index (χ4v) is 1.17. The molecule has 0 saturated heterocycles. The average Bonchev–Trinajstić information content (AvgIpc) is 2.21. The molecule has 0 bridgehead atoms. The van der Waals surface area contributed by atoms with Gasteiger partial charge in [-0.1, -0.05) is 30.3 Å². The third-order valence-electron chi connectivity index (χ3n) is 1.88. The smallest absolute Gasteiger partial charge is 0.293 e. The Labute approximate surface area is 77.7 Å². The monoisotopic (exact) mass is 179 g/mol. The first kappa shape index (κ1) is 9.74. The fraction of sp³-hybridized carbons (Fsp3) is 0.300. The first-order valence-corrected chi connectivity index (χ1v) is 4.16. The summed E-state index contributed by atoms with van der Waals surface area (Å²) in [7, 11) is 1.84. The summed E-state index contributed by atoms with van der Waals surface area (Å²) in [5.74, 6) is 0. The van der Waals surface area contributed by atoms with Crippen LogP contribution in [0.2, 0.25) is 0 Å². The maximum absolute atomic E-state index is 10.0. The molecule has 0 saturated carbocycles. The molecule has 3 heteroatoms. The topological polar surface area (TPSA) is 38.3 Å². The highest BCUT2D eigenvalue weighted by atomic mass is 16.5. The van der Waals surface area contributed by atoms with E-state index in [2.05, 4.69) is 5.32 Å².